The quantitative estimate of drug-likeness (QED) is 0.573. The molecule has 4 N–H and O–H groups in total. The summed E-state index contributed by atoms with van der Waals surface area (Å²) in [6.45, 7) is 2.75. The van der Waals surface area contributed by atoms with Crippen molar-refractivity contribution in [1.82, 2.24) is 5.32 Å². The average molecular weight is 465 g/mol. The number of amides is 4. The predicted molar refractivity (Wildman–Crippen MR) is 117 cm³/mol. The van der Waals surface area contributed by atoms with Crippen molar-refractivity contribution < 1.29 is 23.9 Å². The smallest absolute Gasteiger partial charge is 0.262 e. The van der Waals surface area contributed by atoms with Gasteiger partial charge in [-0.3, -0.25) is 19.2 Å². The molecule has 1 atom stereocenters. The number of aryl methyl sites for hydroxylation is 1. The molecule has 0 saturated carbocycles. The molecule has 11 heteroatoms. The van der Waals surface area contributed by atoms with Gasteiger partial charge in [0.15, 0.2) is 0 Å². The number of carbonyl (C=O) groups is 4. The van der Waals surface area contributed by atoms with E-state index in [0.29, 0.717) is 28.1 Å². The van der Waals surface area contributed by atoms with Crippen LogP contribution in [0.15, 0.2) is 30.3 Å². The van der Waals surface area contributed by atoms with Gasteiger partial charge in [0.25, 0.3) is 11.8 Å². The van der Waals surface area contributed by atoms with Gasteiger partial charge in [0.05, 0.1) is 22.2 Å². The Balaban J connectivity index is 1.71. The van der Waals surface area contributed by atoms with Crippen LogP contribution >= 0.6 is 22.9 Å². The molecule has 1 aliphatic heterocycles. The summed E-state index contributed by atoms with van der Waals surface area (Å²) in [5, 5.41) is 5.19. The van der Waals surface area contributed by atoms with E-state index in [1.807, 2.05) is 6.92 Å². The summed E-state index contributed by atoms with van der Waals surface area (Å²) in [6.07, 6.45) is -0.365. The number of ether oxygens (including phenoxy) is 1. The zero-order valence-corrected chi connectivity index (χ0v) is 18.2. The Kier molecular flexibility index (Phi) is 7.26. The van der Waals surface area contributed by atoms with Gasteiger partial charge < -0.3 is 26.0 Å². The highest BCUT2D eigenvalue weighted by Crippen LogP contribution is 2.25. The van der Waals surface area contributed by atoms with E-state index in [-0.39, 0.29) is 18.9 Å². The molecular formula is C20H21ClN4O5S. The monoisotopic (exact) mass is 464 g/mol. The van der Waals surface area contributed by atoms with Crippen LogP contribution in [0.2, 0.25) is 4.34 Å². The highest BCUT2D eigenvalue weighted by atomic mass is 35.5. The van der Waals surface area contributed by atoms with Crippen molar-refractivity contribution in [2.75, 3.05) is 30.0 Å². The number of nitrogens with zero attached hydrogens (tertiary/aromatic N) is 1. The normalized spacial score (nSPS) is 14.8. The van der Waals surface area contributed by atoms with Gasteiger partial charge >= 0.3 is 0 Å². The molecule has 4 amide bonds. The van der Waals surface area contributed by atoms with Crippen molar-refractivity contribution in [3.63, 3.8) is 0 Å². The Morgan fingerprint density at radius 3 is 2.68 bits per heavy atom. The van der Waals surface area contributed by atoms with Crippen LogP contribution in [-0.4, -0.2) is 49.4 Å². The fourth-order valence-electron chi connectivity index (χ4n) is 3.11. The van der Waals surface area contributed by atoms with Gasteiger partial charge in [-0.15, -0.1) is 11.3 Å². The van der Waals surface area contributed by atoms with E-state index in [9.17, 15) is 19.2 Å². The van der Waals surface area contributed by atoms with E-state index in [0.717, 1.165) is 22.6 Å². The molecule has 1 aromatic carbocycles. The summed E-state index contributed by atoms with van der Waals surface area (Å²) in [6, 6.07) is 7.00. The summed E-state index contributed by atoms with van der Waals surface area (Å²) in [4.78, 5) is 50.5. The molecule has 9 nitrogen and oxygen atoms in total. The maximum absolute atomic E-state index is 12.7. The molecule has 0 unspecified atom stereocenters. The second kappa shape index (κ2) is 9.90. The van der Waals surface area contributed by atoms with E-state index >= 15 is 0 Å². The van der Waals surface area contributed by atoms with Crippen molar-refractivity contribution in [2.45, 2.75) is 19.4 Å². The lowest BCUT2D eigenvalue weighted by Gasteiger charge is -2.28. The van der Waals surface area contributed by atoms with Gasteiger partial charge in [0.1, 0.15) is 12.6 Å². The highest BCUT2D eigenvalue weighted by Gasteiger charge is 2.25. The first kappa shape index (κ1) is 22.7. The zero-order chi connectivity index (χ0) is 22.5. The molecule has 0 spiro atoms. The van der Waals surface area contributed by atoms with Crippen LogP contribution in [0.25, 0.3) is 0 Å². The van der Waals surface area contributed by atoms with Gasteiger partial charge in [-0.05, 0) is 42.8 Å². The second-order valence-corrected chi connectivity index (χ2v) is 8.60. The molecule has 0 bridgehead atoms. The first-order chi connectivity index (χ1) is 14.7. The fraction of sp³-hybridized carbons (Fsp3) is 0.300. The average Bonchev–Trinajstić information content (AvgIpc) is 3.14. The molecule has 0 aliphatic carbocycles. The van der Waals surface area contributed by atoms with E-state index < -0.39 is 23.8 Å². The standard InChI is InChI=1S/C20H21ClN4O5S/c1-11-8-12(2-3-14(11)25-6-7-30-10-18(25)27)23-19(28)13(9-17(22)26)24-20(29)15-4-5-16(21)31-15/h2-5,8,13H,6-7,9-10H2,1H3,(H2,22,26)(H,23,28)(H,24,29)/t13-/m1/s1. The van der Waals surface area contributed by atoms with Crippen LogP contribution in [0.3, 0.4) is 0 Å². The summed E-state index contributed by atoms with van der Waals surface area (Å²) >= 11 is 6.90. The first-order valence-electron chi connectivity index (χ1n) is 9.38. The number of hydrogen-bond donors (Lipinski definition) is 3. The van der Waals surface area contributed by atoms with Crippen molar-refractivity contribution in [3.05, 3.63) is 45.1 Å². The molecule has 1 saturated heterocycles. The molecule has 1 aliphatic rings. The minimum atomic E-state index is -1.16. The molecule has 164 valence electrons. The molecule has 0 radical (unpaired) electrons. The van der Waals surface area contributed by atoms with Crippen LogP contribution in [0, 0.1) is 6.92 Å². The molecular weight excluding hydrogens is 444 g/mol. The summed E-state index contributed by atoms with van der Waals surface area (Å²) < 4.78 is 5.57. The summed E-state index contributed by atoms with van der Waals surface area (Å²) in [5.41, 5.74) is 7.20. The lowest BCUT2D eigenvalue weighted by Crippen LogP contribution is -2.45. The lowest BCUT2D eigenvalue weighted by atomic mass is 10.1. The number of nitrogens with two attached hydrogens (primary N) is 1. The Morgan fingerprint density at radius 1 is 1.29 bits per heavy atom. The fourth-order valence-corrected chi connectivity index (χ4v) is 4.06. The molecule has 31 heavy (non-hydrogen) atoms. The van der Waals surface area contributed by atoms with Crippen molar-refractivity contribution in [3.8, 4) is 0 Å². The lowest BCUT2D eigenvalue weighted by molar-refractivity contribution is -0.125. The predicted octanol–water partition coefficient (Wildman–Crippen LogP) is 1.69. The van der Waals surface area contributed by atoms with Crippen molar-refractivity contribution >= 4 is 57.9 Å². The molecule has 3 rings (SSSR count). The second-order valence-electron chi connectivity index (χ2n) is 6.89. The molecule has 1 aromatic heterocycles. The third-order valence-electron chi connectivity index (χ3n) is 4.57. The minimum absolute atomic E-state index is 0.0296. The van der Waals surface area contributed by atoms with Gasteiger partial charge in [0.2, 0.25) is 11.8 Å². The minimum Gasteiger partial charge on any atom is -0.370 e. The van der Waals surface area contributed by atoms with Crippen molar-refractivity contribution in [1.29, 1.82) is 0 Å². The van der Waals surface area contributed by atoms with Crippen LogP contribution in [-0.2, 0) is 19.1 Å². The van der Waals surface area contributed by atoms with E-state index in [1.54, 1.807) is 29.2 Å². The SMILES string of the molecule is Cc1cc(NC(=O)[C@@H](CC(N)=O)NC(=O)c2ccc(Cl)s2)ccc1N1CCOCC1=O. The maximum Gasteiger partial charge on any atom is 0.262 e. The van der Waals surface area contributed by atoms with Gasteiger partial charge in [-0.2, -0.15) is 0 Å². The van der Waals surface area contributed by atoms with Gasteiger partial charge in [0, 0.05) is 17.9 Å². The van der Waals surface area contributed by atoms with Crippen LogP contribution < -0.4 is 21.3 Å². The Labute approximate surface area is 187 Å². The number of primary amides is 1. The Morgan fingerprint density at radius 2 is 2.06 bits per heavy atom. The zero-order valence-electron chi connectivity index (χ0n) is 16.6. The van der Waals surface area contributed by atoms with E-state index in [4.69, 9.17) is 22.1 Å². The third kappa shape index (κ3) is 5.81. The number of benzene rings is 1. The van der Waals surface area contributed by atoms with Crippen molar-refractivity contribution in [2.24, 2.45) is 5.73 Å². The van der Waals surface area contributed by atoms with Crippen LogP contribution in [0.1, 0.15) is 21.7 Å². The topological polar surface area (TPSA) is 131 Å². The summed E-state index contributed by atoms with van der Waals surface area (Å²) in [5.74, 6) is -1.99. The number of rotatable bonds is 7. The number of halogens is 1. The molecule has 1 fully saturated rings. The highest BCUT2D eigenvalue weighted by molar-refractivity contribution is 7.18. The van der Waals surface area contributed by atoms with Crippen LogP contribution in [0.5, 0.6) is 0 Å². The number of carbonyl (C=O) groups excluding carboxylic acids is 4. The maximum atomic E-state index is 12.7. The largest absolute Gasteiger partial charge is 0.370 e. The number of nitrogens with one attached hydrogen (secondary N) is 2. The Hall–Kier alpha value is -2.95. The van der Waals surface area contributed by atoms with Gasteiger partial charge in [-0.25, -0.2) is 0 Å². The number of hydrogen-bond acceptors (Lipinski definition) is 6. The third-order valence-corrected chi connectivity index (χ3v) is 5.79. The van der Waals surface area contributed by atoms with E-state index in [2.05, 4.69) is 10.6 Å². The van der Waals surface area contributed by atoms with Gasteiger partial charge in [-0.1, -0.05) is 11.6 Å². The number of morpholine rings is 1. The molecule has 2 heterocycles. The number of anilines is 2. The Bertz CT molecular complexity index is 1020. The molecule has 2 aromatic rings. The summed E-state index contributed by atoms with van der Waals surface area (Å²) in [7, 11) is 0. The number of thiophene rings is 1. The van der Waals surface area contributed by atoms with Crippen LogP contribution in [0.4, 0.5) is 11.4 Å². The van der Waals surface area contributed by atoms with E-state index in [1.165, 1.54) is 6.07 Å². The first-order valence-corrected chi connectivity index (χ1v) is 10.6.